The molecule has 2 aliphatic rings. The highest BCUT2D eigenvalue weighted by molar-refractivity contribution is 5.94. The summed E-state index contributed by atoms with van der Waals surface area (Å²) in [5.74, 6) is 2.54. The molecule has 0 aromatic heterocycles. The number of hydrogen-bond acceptors (Lipinski definition) is 5. The van der Waals surface area contributed by atoms with Crippen molar-refractivity contribution in [3.8, 4) is 17.2 Å². The van der Waals surface area contributed by atoms with Crippen LogP contribution >= 0.6 is 0 Å². The second-order valence-corrected chi connectivity index (χ2v) is 7.74. The summed E-state index contributed by atoms with van der Waals surface area (Å²) in [6, 6.07) is 3.75. The smallest absolute Gasteiger partial charge is 0.203 e. The Hall–Kier alpha value is -2.04. The minimum Gasteiger partial charge on any atom is -0.493 e. The van der Waals surface area contributed by atoms with Gasteiger partial charge in [0.2, 0.25) is 5.75 Å². The van der Waals surface area contributed by atoms with Crippen LogP contribution in [0.15, 0.2) is 22.3 Å². The predicted octanol–water partition coefficient (Wildman–Crippen LogP) is 4.33. The third-order valence-electron chi connectivity index (χ3n) is 6.58. The van der Waals surface area contributed by atoms with Gasteiger partial charge in [-0.3, -0.25) is 0 Å². The maximum absolute atomic E-state index is 5.38. The zero-order chi connectivity index (χ0) is 18.2. The van der Waals surface area contributed by atoms with Crippen LogP contribution in [-0.4, -0.2) is 33.3 Å². The molecule has 0 aliphatic heterocycles. The first-order valence-electron chi connectivity index (χ1n) is 8.77. The Kier molecular flexibility index (Phi) is 4.52. The maximum atomic E-state index is 5.38. The molecule has 0 saturated heterocycles. The Morgan fingerprint density at radius 1 is 1.04 bits per heavy atom. The molecule has 0 unspecified atom stereocenters. The number of ether oxygens (including phenoxy) is 3. The molecular formula is C20H28N2O3. The lowest BCUT2D eigenvalue weighted by Gasteiger charge is -2.34. The van der Waals surface area contributed by atoms with E-state index in [0.717, 1.165) is 17.9 Å². The average molecular weight is 344 g/mol. The molecule has 136 valence electrons. The van der Waals surface area contributed by atoms with Gasteiger partial charge in [0.15, 0.2) is 11.5 Å². The first-order valence-corrected chi connectivity index (χ1v) is 8.77. The van der Waals surface area contributed by atoms with Crippen LogP contribution in [0.1, 0.15) is 45.6 Å². The highest BCUT2D eigenvalue weighted by atomic mass is 16.5. The summed E-state index contributed by atoms with van der Waals surface area (Å²) < 4.78 is 16.1. The molecule has 0 spiro atoms. The normalized spacial score (nSPS) is 28.7. The molecule has 0 amide bonds. The van der Waals surface area contributed by atoms with Crippen molar-refractivity contribution in [2.24, 2.45) is 27.0 Å². The molecule has 2 atom stereocenters. The molecule has 0 radical (unpaired) electrons. The zero-order valence-corrected chi connectivity index (χ0v) is 16.0. The molecule has 5 nitrogen and oxygen atoms in total. The molecule has 5 heteroatoms. The van der Waals surface area contributed by atoms with Crippen LogP contribution in [0.4, 0.5) is 0 Å². The van der Waals surface area contributed by atoms with Crippen molar-refractivity contribution in [1.29, 1.82) is 0 Å². The van der Waals surface area contributed by atoms with Crippen LogP contribution in [0.25, 0.3) is 0 Å². The van der Waals surface area contributed by atoms with Gasteiger partial charge < -0.3 is 14.2 Å². The number of fused-ring (bicyclic) bond motifs is 2. The molecule has 0 N–H and O–H groups in total. The van der Waals surface area contributed by atoms with E-state index in [1.165, 1.54) is 18.6 Å². The summed E-state index contributed by atoms with van der Waals surface area (Å²) in [7, 11) is 4.81. The summed E-state index contributed by atoms with van der Waals surface area (Å²) >= 11 is 0. The van der Waals surface area contributed by atoms with E-state index in [0.29, 0.717) is 22.7 Å². The monoisotopic (exact) mass is 344 g/mol. The third-order valence-corrected chi connectivity index (χ3v) is 6.58. The van der Waals surface area contributed by atoms with Crippen molar-refractivity contribution in [3.63, 3.8) is 0 Å². The fraction of sp³-hybridized carbons (Fsp3) is 0.600. The summed E-state index contributed by atoms with van der Waals surface area (Å²) in [4.78, 5) is 0. The summed E-state index contributed by atoms with van der Waals surface area (Å²) in [6.45, 7) is 7.08. The Bertz CT molecular complexity index is 699. The van der Waals surface area contributed by atoms with E-state index >= 15 is 0 Å². The minimum atomic E-state index is 0.171. The second kappa shape index (κ2) is 6.36. The highest BCUT2D eigenvalue weighted by Crippen LogP contribution is 2.64. The van der Waals surface area contributed by atoms with E-state index in [9.17, 15) is 0 Å². The Balaban J connectivity index is 1.86. The van der Waals surface area contributed by atoms with E-state index in [-0.39, 0.29) is 5.41 Å². The van der Waals surface area contributed by atoms with E-state index in [4.69, 9.17) is 14.2 Å². The van der Waals surface area contributed by atoms with Gasteiger partial charge in [0.25, 0.3) is 0 Å². The SMILES string of the molecule is COc1cc(/C=N\N=C2\C[C@H]3CC[C@]2(C)C3(C)C)cc(OC)c1OC. The molecular weight excluding hydrogens is 316 g/mol. The van der Waals surface area contributed by atoms with Crippen molar-refractivity contribution in [3.05, 3.63) is 17.7 Å². The Labute approximate surface area is 150 Å². The van der Waals surface area contributed by atoms with Crippen molar-refractivity contribution < 1.29 is 14.2 Å². The second-order valence-electron chi connectivity index (χ2n) is 7.74. The minimum absolute atomic E-state index is 0.171. The van der Waals surface area contributed by atoms with E-state index in [1.807, 2.05) is 12.1 Å². The van der Waals surface area contributed by atoms with E-state index in [1.54, 1.807) is 27.5 Å². The number of nitrogens with zero attached hydrogens (tertiary/aromatic N) is 2. The lowest BCUT2D eigenvalue weighted by atomic mass is 9.70. The third kappa shape index (κ3) is 2.70. The van der Waals surface area contributed by atoms with Crippen molar-refractivity contribution in [1.82, 2.24) is 0 Å². The fourth-order valence-electron chi connectivity index (χ4n) is 4.42. The molecule has 3 rings (SSSR count). The van der Waals surface area contributed by atoms with E-state index < -0.39 is 0 Å². The molecule has 1 aromatic rings. The number of methoxy groups -OCH3 is 3. The predicted molar refractivity (Wildman–Crippen MR) is 100 cm³/mol. The summed E-state index contributed by atoms with van der Waals surface area (Å²) in [5.41, 5.74) is 2.59. The fourth-order valence-corrected chi connectivity index (χ4v) is 4.42. The van der Waals surface area contributed by atoms with Crippen LogP contribution in [0.5, 0.6) is 17.2 Å². The van der Waals surface area contributed by atoms with Crippen LogP contribution in [0.2, 0.25) is 0 Å². The van der Waals surface area contributed by atoms with E-state index in [2.05, 4.69) is 31.0 Å². The van der Waals surface area contributed by atoms with Gasteiger partial charge in [0.1, 0.15) is 0 Å². The molecule has 2 bridgehead atoms. The number of rotatable bonds is 5. The zero-order valence-electron chi connectivity index (χ0n) is 16.0. The van der Waals surface area contributed by atoms with Gasteiger partial charge in [-0.15, -0.1) is 0 Å². The summed E-state index contributed by atoms with van der Waals surface area (Å²) in [5, 5.41) is 8.97. The van der Waals surface area contributed by atoms with Crippen LogP contribution in [0, 0.1) is 16.7 Å². The van der Waals surface area contributed by atoms with Crippen molar-refractivity contribution in [2.75, 3.05) is 21.3 Å². The lowest BCUT2D eigenvalue weighted by Crippen LogP contribution is -2.32. The largest absolute Gasteiger partial charge is 0.493 e. The van der Waals surface area contributed by atoms with Crippen molar-refractivity contribution in [2.45, 2.75) is 40.0 Å². The van der Waals surface area contributed by atoms with Gasteiger partial charge >= 0.3 is 0 Å². The van der Waals surface area contributed by atoms with Gasteiger partial charge in [-0.05, 0) is 42.7 Å². The molecule has 2 aliphatic carbocycles. The number of benzene rings is 1. The van der Waals surface area contributed by atoms with Gasteiger partial charge in [0, 0.05) is 16.7 Å². The molecule has 25 heavy (non-hydrogen) atoms. The Morgan fingerprint density at radius 3 is 2.12 bits per heavy atom. The number of hydrogen-bond donors (Lipinski definition) is 0. The van der Waals surface area contributed by atoms with Gasteiger partial charge in [-0.25, -0.2) is 0 Å². The van der Waals surface area contributed by atoms with Crippen molar-refractivity contribution >= 4 is 11.9 Å². The quantitative estimate of drug-likeness (QED) is 0.590. The topological polar surface area (TPSA) is 52.4 Å². The standard InChI is InChI=1S/C20H28N2O3/c1-19(2)14-7-8-20(19,3)17(11-14)22-21-12-13-9-15(23-4)18(25-6)16(10-13)24-5/h9-10,12,14H,7-8,11H2,1-6H3/b21-12-,22-17-/t14-,20+/m1/s1. The average Bonchev–Trinajstić information content (AvgIpc) is 2.94. The van der Waals surface area contributed by atoms with Gasteiger partial charge in [0.05, 0.1) is 27.5 Å². The maximum Gasteiger partial charge on any atom is 0.203 e. The van der Waals surface area contributed by atoms with Gasteiger partial charge in [-0.2, -0.15) is 10.2 Å². The molecule has 2 saturated carbocycles. The molecule has 1 aromatic carbocycles. The van der Waals surface area contributed by atoms with Crippen LogP contribution < -0.4 is 14.2 Å². The highest BCUT2D eigenvalue weighted by Gasteiger charge is 2.59. The Morgan fingerprint density at radius 2 is 1.68 bits per heavy atom. The van der Waals surface area contributed by atoms with Crippen LogP contribution in [-0.2, 0) is 0 Å². The van der Waals surface area contributed by atoms with Crippen LogP contribution in [0.3, 0.4) is 0 Å². The first kappa shape index (κ1) is 17.8. The first-order chi connectivity index (χ1) is 11.9. The molecule has 0 heterocycles. The summed E-state index contributed by atoms with van der Waals surface area (Å²) in [6.07, 6.45) is 5.33. The lowest BCUT2D eigenvalue weighted by molar-refractivity contribution is 0.194. The van der Waals surface area contributed by atoms with Gasteiger partial charge in [-0.1, -0.05) is 20.8 Å². The molecule has 2 fully saturated rings.